The summed E-state index contributed by atoms with van der Waals surface area (Å²) in [5, 5.41) is 12.5. The molecular weight excluding hydrogens is 450 g/mol. The molecule has 1 N–H and O–H groups in total. The number of carbonyl (C=O) groups is 2. The number of aliphatic hydroxyl groups excluding tert-OH is 1. The zero-order chi connectivity index (χ0) is 23.5. The second kappa shape index (κ2) is 9.41. The van der Waals surface area contributed by atoms with E-state index in [9.17, 15) is 14.7 Å². The monoisotopic (exact) mass is 471 g/mol. The van der Waals surface area contributed by atoms with Crippen molar-refractivity contribution in [2.75, 3.05) is 0 Å². The Kier molecular flexibility index (Phi) is 6.01. The number of Topliss-reactive ketones (excluding diaryl/α,β-unsaturated/α-hetero) is 1. The van der Waals surface area contributed by atoms with Crippen molar-refractivity contribution in [1.29, 1.82) is 0 Å². The first kappa shape index (κ1) is 21.7. The second-order valence-corrected chi connectivity index (χ2v) is 8.77. The predicted octanol–water partition coefficient (Wildman–Crippen LogP) is 5.70. The number of amides is 1. The average molecular weight is 472 g/mol. The molecule has 1 amide bonds. The van der Waals surface area contributed by atoms with Crippen molar-refractivity contribution in [2.45, 2.75) is 19.2 Å². The molecule has 6 nitrogen and oxygen atoms in total. The Morgan fingerprint density at radius 1 is 1.00 bits per heavy atom. The smallest absolute Gasteiger partial charge is 0.290 e. The van der Waals surface area contributed by atoms with Crippen molar-refractivity contribution in [3.63, 3.8) is 0 Å². The Hall–Kier alpha value is -4.10. The Bertz CT molecular complexity index is 1310. The summed E-state index contributed by atoms with van der Waals surface area (Å²) in [6, 6.07) is 23.2. The number of aliphatic hydroxyl groups is 1. The van der Waals surface area contributed by atoms with Gasteiger partial charge >= 0.3 is 0 Å². The molecule has 0 aliphatic carbocycles. The molecule has 34 heavy (non-hydrogen) atoms. The van der Waals surface area contributed by atoms with E-state index in [1.807, 2.05) is 42.5 Å². The third kappa shape index (κ3) is 4.25. The van der Waals surface area contributed by atoms with Crippen molar-refractivity contribution in [1.82, 2.24) is 4.90 Å². The van der Waals surface area contributed by atoms with E-state index in [0.717, 1.165) is 5.56 Å². The predicted molar refractivity (Wildman–Crippen MR) is 128 cm³/mol. The van der Waals surface area contributed by atoms with Crippen LogP contribution < -0.4 is 4.74 Å². The fourth-order valence-electron chi connectivity index (χ4n) is 3.99. The maximum Gasteiger partial charge on any atom is 0.290 e. The van der Waals surface area contributed by atoms with Crippen LogP contribution in [0.1, 0.15) is 32.6 Å². The number of ether oxygens (including phenoxy) is 1. The summed E-state index contributed by atoms with van der Waals surface area (Å²) in [6.45, 7) is 0.545. The summed E-state index contributed by atoms with van der Waals surface area (Å²) in [5.74, 6) is -0.282. The average Bonchev–Trinajstić information content (AvgIpc) is 3.63. The lowest BCUT2D eigenvalue weighted by Gasteiger charge is -2.26. The summed E-state index contributed by atoms with van der Waals surface area (Å²) in [4.78, 5) is 28.2. The van der Waals surface area contributed by atoms with E-state index >= 15 is 0 Å². The summed E-state index contributed by atoms with van der Waals surface area (Å²) in [6.07, 6.45) is 1.52. The van der Waals surface area contributed by atoms with Crippen molar-refractivity contribution in [3.05, 3.63) is 124 Å². The van der Waals surface area contributed by atoms with Gasteiger partial charge in [-0.15, -0.1) is 11.3 Å². The lowest BCUT2D eigenvalue weighted by Crippen LogP contribution is -2.30. The number of rotatable bonds is 8. The number of hydrogen-bond donors (Lipinski definition) is 1. The number of benzene rings is 2. The van der Waals surface area contributed by atoms with Crippen molar-refractivity contribution in [2.24, 2.45) is 0 Å². The highest BCUT2D eigenvalue weighted by molar-refractivity contribution is 7.12. The largest absolute Gasteiger partial charge is 0.503 e. The highest BCUT2D eigenvalue weighted by Crippen LogP contribution is 2.40. The SMILES string of the molecule is O=C(C1=C(O)C(=O)N(Cc2ccco2)[C@@H]1c1ccc(OCc2ccccc2)cc1)c1cccs1. The van der Waals surface area contributed by atoms with E-state index in [1.54, 1.807) is 41.8 Å². The molecule has 170 valence electrons. The molecule has 2 aromatic carbocycles. The van der Waals surface area contributed by atoms with Gasteiger partial charge in [0.15, 0.2) is 5.76 Å². The minimum atomic E-state index is -0.754. The third-order valence-electron chi connectivity index (χ3n) is 5.64. The number of carbonyl (C=O) groups excluding carboxylic acids is 2. The Labute approximate surface area is 200 Å². The van der Waals surface area contributed by atoms with Gasteiger partial charge in [-0.25, -0.2) is 0 Å². The highest BCUT2D eigenvalue weighted by Gasteiger charge is 2.44. The number of furan rings is 1. The Morgan fingerprint density at radius 2 is 1.79 bits per heavy atom. The van der Waals surface area contributed by atoms with Gasteiger partial charge in [-0.1, -0.05) is 48.5 Å². The number of nitrogens with zero attached hydrogens (tertiary/aromatic N) is 1. The molecule has 0 saturated carbocycles. The van der Waals surface area contributed by atoms with Gasteiger partial charge < -0.3 is 19.2 Å². The van der Waals surface area contributed by atoms with Crippen LogP contribution in [0.2, 0.25) is 0 Å². The summed E-state index contributed by atoms with van der Waals surface area (Å²) < 4.78 is 11.3. The molecule has 3 heterocycles. The lowest BCUT2D eigenvalue weighted by molar-refractivity contribution is -0.130. The van der Waals surface area contributed by atoms with Gasteiger partial charge in [0.05, 0.1) is 29.3 Å². The van der Waals surface area contributed by atoms with Crippen LogP contribution in [0.5, 0.6) is 5.75 Å². The molecule has 0 radical (unpaired) electrons. The van der Waals surface area contributed by atoms with Gasteiger partial charge in [0.1, 0.15) is 18.1 Å². The molecule has 5 rings (SSSR count). The van der Waals surface area contributed by atoms with Crippen molar-refractivity contribution < 1.29 is 23.8 Å². The maximum absolute atomic E-state index is 13.3. The van der Waals surface area contributed by atoms with Crippen molar-refractivity contribution in [3.8, 4) is 5.75 Å². The van der Waals surface area contributed by atoms with Crippen LogP contribution in [0.3, 0.4) is 0 Å². The van der Waals surface area contributed by atoms with Gasteiger partial charge in [-0.2, -0.15) is 0 Å². The van der Waals surface area contributed by atoms with Crippen LogP contribution in [-0.2, 0) is 17.9 Å². The molecule has 4 aromatic rings. The van der Waals surface area contributed by atoms with Crippen LogP contribution >= 0.6 is 11.3 Å². The number of hydrogen-bond acceptors (Lipinski definition) is 6. The van der Waals surface area contributed by atoms with Crippen LogP contribution in [0, 0.1) is 0 Å². The molecule has 0 unspecified atom stereocenters. The summed E-state index contributed by atoms with van der Waals surface area (Å²) in [5.41, 5.74) is 1.81. The highest BCUT2D eigenvalue weighted by atomic mass is 32.1. The van der Waals surface area contributed by atoms with Crippen LogP contribution in [0.15, 0.2) is 106 Å². The zero-order valence-electron chi connectivity index (χ0n) is 18.1. The molecule has 0 bridgehead atoms. The zero-order valence-corrected chi connectivity index (χ0v) is 18.9. The lowest BCUT2D eigenvalue weighted by atomic mass is 9.95. The maximum atomic E-state index is 13.3. The van der Waals surface area contributed by atoms with Gasteiger partial charge in [0, 0.05) is 0 Å². The van der Waals surface area contributed by atoms with Gasteiger partial charge in [-0.3, -0.25) is 9.59 Å². The molecule has 1 aliphatic rings. The summed E-state index contributed by atoms with van der Waals surface area (Å²) >= 11 is 1.27. The van der Waals surface area contributed by atoms with E-state index in [2.05, 4.69) is 0 Å². The van der Waals surface area contributed by atoms with Gasteiger partial charge in [0.25, 0.3) is 5.91 Å². The normalized spacial score (nSPS) is 15.7. The minimum absolute atomic E-state index is 0.0666. The first-order chi connectivity index (χ1) is 16.6. The van der Waals surface area contributed by atoms with Crippen molar-refractivity contribution >= 4 is 23.0 Å². The first-order valence-corrected chi connectivity index (χ1v) is 11.6. The molecule has 1 atom stereocenters. The van der Waals surface area contributed by atoms with E-state index in [-0.39, 0.29) is 17.9 Å². The summed E-state index contributed by atoms with van der Waals surface area (Å²) in [7, 11) is 0. The van der Waals surface area contributed by atoms with E-state index < -0.39 is 17.7 Å². The molecule has 1 aliphatic heterocycles. The molecule has 0 spiro atoms. The van der Waals surface area contributed by atoms with Gasteiger partial charge in [-0.05, 0) is 46.8 Å². The Balaban J connectivity index is 1.45. The minimum Gasteiger partial charge on any atom is -0.503 e. The Morgan fingerprint density at radius 3 is 2.47 bits per heavy atom. The standard InChI is InChI=1S/C27H21NO5S/c29-25(22-9-5-15-34-22)23-24(28(27(31)26(23)30)16-21-8-4-14-32-21)19-10-12-20(13-11-19)33-17-18-6-2-1-3-7-18/h1-15,24,30H,16-17H2/t24-/m1/s1. The fraction of sp³-hybridized carbons (Fsp3) is 0.111. The fourth-order valence-corrected chi connectivity index (χ4v) is 4.67. The molecule has 2 aromatic heterocycles. The topological polar surface area (TPSA) is 80.0 Å². The van der Waals surface area contributed by atoms with Crippen LogP contribution in [-0.4, -0.2) is 21.7 Å². The van der Waals surface area contributed by atoms with Crippen LogP contribution in [0.4, 0.5) is 0 Å². The number of ketones is 1. The molecule has 0 saturated heterocycles. The molecular formula is C27H21NO5S. The molecule has 7 heteroatoms. The second-order valence-electron chi connectivity index (χ2n) is 7.83. The van der Waals surface area contributed by atoms with E-state index in [4.69, 9.17) is 9.15 Å². The number of thiophene rings is 1. The van der Waals surface area contributed by atoms with Gasteiger partial charge in [0.2, 0.25) is 5.78 Å². The molecule has 0 fully saturated rings. The van der Waals surface area contributed by atoms with E-state index in [1.165, 1.54) is 22.5 Å². The first-order valence-electron chi connectivity index (χ1n) is 10.7. The third-order valence-corrected chi connectivity index (χ3v) is 6.51. The van der Waals surface area contributed by atoms with Crippen LogP contribution in [0.25, 0.3) is 0 Å². The van der Waals surface area contributed by atoms with E-state index in [0.29, 0.717) is 28.6 Å². The quantitative estimate of drug-likeness (QED) is 0.334.